The zero-order chi connectivity index (χ0) is 13.7. The Hall–Kier alpha value is -1.26. The minimum Gasteiger partial charge on any atom is -0.504 e. The molecule has 0 radical (unpaired) electrons. The van der Waals surface area contributed by atoms with Gasteiger partial charge in [0.25, 0.3) is 0 Å². The van der Waals surface area contributed by atoms with Gasteiger partial charge >= 0.3 is 0 Å². The average Bonchev–Trinajstić information content (AvgIpc) is 2.88. The highest BCUT2D eigenvalue weighted by atomic mass is 16.5. The topological polar surface area (TPSA) is 61.7 Å². The fourth-order valence-corrected chi connectivity index (χ4v) is 2.89. The van der Waals surface area contributed by atoms with E-state index >= 15 is 0 Å². The summed E-state index contributed by atoms with van der Waals surface area (Å²) in [4.78, 5) is 0. The summed E-state index contributed by atoms with van der Waals surface area (Å²) in [7, 11) is 1.55. The van der Waals surface area contributed by atoms with Gasteiger partial charge in [-0.1, -0.05) is 18.6 Å². The van der Waals surface area contributed by atoms with Crippen molar-refractivity contribution in [1.82, 2.24) is 5.32 Å². The molecule has 1 aliphatic carbocycles. The number of benzene rings is 1. The van der Waals surface area contributed by atoms with Crippen LogP contribution in [0.4, 0.5) is 0 Å². The molecule has 106 valence electrons. The number of nitrogens with one attached hydrogen (secondary N) is 1. The van der Waals surface area contributed by atoms with E-state index < -0.39 is 0 Å². The minimum atomic E-state index is 0.211. The number of hydrogen-bond donors (Lipinski definition) is 3. The first kappa shape index (κ1) is 14.2. The van der Waals surface area contributed by atoms with E-state index in [0.29, 0.717) is 24.1 Å². The van der Waals surface area contributed by atoms with Crippen LogP contribution in [0.1, 0.15) is 24.8 Å². The smallest absolute Gasteiger partial charge is 0.162 e. The van der Waals surface area contributed by atoms with Gasteiger partial charge in [0.15, 0.2) is 11.5 Å². The number of phenols is 1. The largest absolute Gasteiger partial charge is 0.504 e. The zero-order valence-electron chi connectivity index (χ0n) is 11.4. The maximum atomic E-state index is 9.97. The van der Waals surface area contributed by atoms with Gasteiger partial charge in [-0.2, -0.15) is 0 Å². The fraction of sp³-hybridized carbons (Fsp3) is 0.600. The lowest BCUT2D eigenvalue weighted by Crippen LogP contribution is -2.26. The molecule has 2 unspecified atom stereocenters. The molecule has 2 atom stereocenters. The van der Waals surface area contributed by atoms with Gasteiger partial charge in [0.1, 0.15) is 0 Å². The quantitative estimate of drug-likeness (QED) is 0.735. The molecule has 0 heterocycles. The van der Waals surface area contributed by atoms with Crippen molar-refractivity contribution in [2.24, 2.45) is 11.8 Å². The van der Waals surface area contributed by atoms with E-state index in [9.17, 15) is 10.2 Å². The highest BCUT2D eigenvalue weighted by Gasteiger charge is 2.25. The molecule has 4 nitrogen and oxygen atoms in total. The van der Waals surface area contributed by atoms with Crippen LogP contribution in [0.3, 0.4) is 0 Å². The number of ether oxygens (including phenoxy) is 1. The van der Waals surface area contributed by atoms with Gasteiger partial charge in [0, 0.05) is 18.7 Å². The van der Waals surface area contributed by atoms with Crippen molar-refractivity contribution in [3.8, 4) is 11.5 Å². The van der Waals surface area contributed by atoms with Crippen molar-refractivity contribution in [1.29, 1.82) is 0 Å². The lowest BCUT2D eigenvalue weighted by molar-refractivity contribution is 0.192. The van der Waals surface area contributed by atoms with E-state index in [4.69, 9.17) is 4.74 Å². The number of phenolic OH excluding ortho intramolecular Hbond substituents is 1. The van der Waals surface area contributed by atoms with Crippen LogP contribution in [0.25, 0.3) is 0 Å². The molecule has 1 aromatic carbocycles. The molecular weight excluding hydrogens is 242 g/mol. The lowest BCUT2D eigenvalue weighted by Gasteiger charge is -2.18. The second kappa shape index (κ2) is 6.78. The molecule has 19 heavy (non-hydrogen) atoms. The van der Waals surface area contributed by atoms with Crippen molar-refractivity contribution >= 4 is 0 Å². The van der Waals surface area contributed by atoms with Crippen LogP contribution in [0.15, 0.2) is 18.2 Å². The van der Waals surface area contributed by atoms with Gasteiger partial charge in [0.2, 0.25) is 0 Å². The van der Waals surface area contributed by atoms with E-state index in [-0.39, 0.29) is 12.4 Å². The number of para-hydroxylation sites is 1. The van der Waals surface area contributed by atoms with Gasteiger partial charge in [-0.25, -0.2) is 0 Å². The van der Waals surface area contributed by atoms with Crippen molar-refractivity contribution in [3.63, 3.8) is 0 Å². The Labute approximate surface area is 114 Å². The van der Waals surface area contributed by atoms with Gasteiger partial charge in [-0.05, 0) is 37.3 Å². The molecule has 1 aromatic rings. The minimum absolute atomic E-state index is 0.211. The van der Waals surface area contributed by atoms with Gasteiger partial charge in [-0.3, -0.25) is 0 Å². The Kier molecular flexibility index (Phi) is 5.05. The van der Waals surface area contributed by atoms with Gasteiger partial charge in [0.05, 0.1) is 7.11 Å². The number of aromatic hydroxyl groups is 1. The van der Waals surface area contributed by atoms with Crippen LogP contribution >= 0.6 is 0 Å². The van der Waals surface area contributed by atoms with E-state index in [1.54, 1.807) is 13.2 Å². The fourth-order valence-electron chi connectivity index (χ4n) is 2.89. The van der Waals surface area contributed by atoms with Crippen LogP contribution in [0.2, 0.25) is 0 Å². The molecule has 2 rings (SSSR count). The first-order valence-corrected chi connectivity index (χ1v) is 6.92. The number of aliphatic hydroxyl groups excluding tert-OH is 1. The normalized spacial score (nSPS) is 22.6. The predicted molar refractivity (Wildman–Crippen MR) is 74.3 cm³/mol. The van der Waals surface area contributed by atoms with Crippen LogP contribution < -0.4 is 10.1 Å². The third kappa shape index (κ3) is 3.39. The van der Waals surface area contributed by atoms with Gasteiger partial charge < -0.3 is 20.3 Å². The predicted octanol–water partition coefficient (Wildman–Crippen LogP) is 1.90. The van der Waals surface area contributed by atoms with E-state index in [1.165, 1.54) is 12.8 Å². The Morgan fingerprint density at radius 2 is 2.11 bits per heavy atom. The first-order valence-electron chi connectivity index (χ1n) is 6.92. The van der Waals surface area contributed by atoms with Crippen molar-refractivity contribution in [2.75, 3.05) is 20.3 Å². The third-order valence-electron chi connectivity index (χ3n) is 4.08. The summed E-state index contributed by atoms with van der Waals surface area (Å²) < 4.78 is 5.09. The molecule has 0 spiro atoms. The summed E-state index contributed by atoms with van der Waals surface area (Å²) in [5, 5.41) is 22.6. The molecule has 4 heteroatoms. The summed E-state index contributed by atoms with van der Waals surface area (Å²) in [6.07, 6.45) is 3.53. The Balaban J connectivity index is 1.86. The maximum absolute atomic E-state index is 9.97. The molecular formula is C15H23NO3. The molecule has 0 aromatic heterocycles. The summed E-state index contributed by atoms with van der Waals surface area (Å²) in [6.45, 7) is 1.80. The van der Waals surface area contributed by atoms with Crippen LogP contribution in [-0.4, -0.2) is 30.5 Å². The highest BCUT2D eigenvalue weighted by Crippen LogP contribution is 2.31. The summed E-state index contributed by atoms with van der Waals surface area (Å²) in [6, 6.07) is 5.52. The Morgan fingerprint density at radius 1 is 1.32 bits per heavy atom. The molecule has 1 saturated carbocycles. The Bertz CT molecular complexity index is 408. The van der Waals surface area contributed by atoms with E-state index in [1.807, 2.05) is 12.1 Å². The zero-order valence-corrected chi connectivity index (χ0v) is 11.4. The lowest BCUT2D eigenvalue weighted by atomic mass is 9.97. The number of aliphatic hydroxyl groups is 1. The van der Waals surface area contributed by atoms with Crippen LogP contribution in [-0.2, 0) is 6.54 Å². The first-order chi connectivity index (χ1) is 9.26. The maximum Gasteiger partial charge on any atom is 0.162 e. The van der Waals surface area contributed by atoms with Crippen molar-refractivity contribution in [3.05, 3.63) is 23.8 Å². The highest BCUT2D eigenvalue weighted by molar-refractivity contribution is 5.45. The summed E-state index contributed by atoms with van der Waals surface area (Å²) >= 11 is 0. The third-order valence-corrected chi connectivity index (χ3v) is 4.08. The van der Waals surface area contributed by atoms with E-state index in [2.05, 4.69) is 5.32 Å². The molecule has 0 aliphatic heterocycles. The number of methoxy groups -OCH3 is 1. The molecule has 1 fully saturated rings. The summed E-state index contributed by atoms with van der Waals surface area (Å²) in [5.41, 5.74) is 0.845. The van der Waals surface area contributed by atoms with E-state index in [0.717, 1.165) is 18.5 Å². The van der Waals surface area contributed by atoms with Crippen LogP contribution in [0, 0.1) is 11.8 Å². The van der Waals surface area contributed by atoms with Crippen LogP contribution in [0.5, 0.6) is 11.5 Å². The second-order valence-corrected chi connectivity index (χ2v) is 5.23. The van der Waals surface area contributed by atoms with Crippen molar-refractivity contribution in [2.45, 2.75) is 25.8 Å². The average molecular weight is 265 g/mol. The second-order valence-electron chi connectivity index (χ2n) is 5.23. The number of hydrogen-bond acceptors (Lipinski definition) is 4. The van der Waals surface area contributed by atoms with Crippen molar-refractivity contribution < 1.29 is 14.9 Å². The molecule has 3 N–H and O–H groups in total. The van der Waals surface area contributed by atoms with Gasteiger partial charge in [-0.15, -0.1) is 0 Å². The Morgan fingerprint density at radius 3 is 2.84 bits per heavy atom. The standard InChI is InChI=1S/C15H23NO3/c1-19-14-7-3-5-12(15(14)18)9-16-8-11-4-2-6-13(11)10-17/h3,5,7,11,13,16-18H,2,4,6,8-10H2,1H3. The summed E-state index contributed by atoms with van der Waals surface area (Å²) in [5.74, 6) is 1.71. The SMILES string of the molecule is COc1cccc(CNCC2CCCC2CO)c1O. The monoisotopic (exact) mass is 265 g/mol. The molecule has 1 aliphatic rings. The molecule has 0 bridgehead atoms. The molecule has 0 amide bonds. The molecule has 0 saturated heterocycles. The number of rotatable bonds is 6.